The highest BCUT2D eigenvalue weighted by Gasteiger charge is 2.42. The number of hydrogen-bond acceptors (Lipinski definition) is 8. The van der Waals surface area contributed by atoms with Crippen LogP contribution in [0.3, 0.4) is 0 Å². The van der Waals surface area contributed by atoms with Crippen molar-refractivity contribution in [3.63, 3.8) is 0 Å². The van der Waals surface area contributed by atoms with Crippen molar-refractivity contribution in [2.45, 2.75) is 51.3 Å². The minimum Gasteiger partial charge on any atom is -0.497 e. The number of nitrogens with one attached hydrogen (secondary N) is 1. The summed E-state index contributed by atoms with van der Waals surface area (Å²) < 4.78 is 15.1. The van der Waals surface area contributed by atoms with Crippen LogP contribution in [0.4, 0.5) is 4.79 Å². The third-order valence-electron chi connectivity index (χ3n) is 5.37. The van der Waals surface area contributed by atoms with Gasteiger partial charge in [0.1, 0.15) is 30.0 Å². The number of esters is 1. The highest BCUT2D eigenvalue weighted by molar-refractivity contribution is 5.95. The van der Waals surface area contributed by atoms with E-state index < -0.39 is 60.5 Å². The quantitative estimate of drug-likeness (QED) is 0.463. The average molecular weight is 508 g/mol. The number of carbonyl (C=O) groups is 5. The Balaban J connectivity index is 2.35. The minimum atomic E-state index is -1.28. The molecule has 198 valence electrons. The number of carbonyl (C=O) groups excluding carboxylic acids is 4. The number of carboxylic acid groups (broad SMARTS) is 1. The van der Waals surface area contributed by atoms with Crippen LogP contribution >= 0.6 is 0 Å². The molecule has 1 fully saturated rings. The van der Waals surface area contributed by atoms with E-state index in [-0.39, 0.29) is 19.5 Å². The van der Waals surface area contributed by atoms with Gasteiger partial charge in [0, 0.05) is 19.5 Å². The molecule has 1 aromatic rings. The Bertz CT molecular complexity index is 972. The van der Waals surface area contributed by atoms with Crippen LogP contribution < -0.4 is 10.1 Å². The fourth-order valence-electron chi connectivity index (χ4n) is 3.71. The number of nitrogens with zero attached hydrogens (tertiary/aromatic N) is 2. The van der Waals surface area contributed by atoms with Gasteiger partial charge in [-0.3, -0.25) is 19.2 Å². The lowest BCUT2D eigenvalue weighted by molar-refractivity contribution is -0.159. The van der Waals surface area contributed by atoms with Crippen LogP contribution in [0.25, 0.3) is 0 Å². The predicted octanol–water partition coefficient (Wildman–Crippen LogP) is 0.818. The predicted molar refractivity (Wildman–Crippen MR) is 126 cm³/mol. The Morgan fingerprint density at radius 2 is 1.75 bits per heavy atom. The van der Waals surface area contributed by atoms with Crippen LogP contribution in [-0.2, 0) is 35.1 Å². The smallest absolute Gasteiger partial charge is 0.408 e. The first-order chi connectivity index (χ1) is 16.8. The van der Waals surface area contributed by atoms with E-state index in [2.05, 4.69) is 10.1 Å². The molecule has 1 aromatic carbocycles. The van der Waals surface area contributed by atoms with E-state index in [1.807, 2.05) is 0 Å². The normalized spacial score (nSPS) is 16.7. The Hall–Kier alpha value is -3.83. The van der Waals surface area contributed by atoms with Gasteiger partial charge in [-0.15, -0.1) is 0 Å². The van der Waals surface area contributed by atoms with Crippen molar-refractivity contribution < 1.29 is 43.3 Å². The molecule has 1 aliphatic rings. The molecule has 0 saturated carbocycles. The Morgan fingerprint density at radius 1 is 1.11 bits per heavy atom. The van der Waals surface area contributed by atoms with Crippen LogP contribution in [-0.4, -0.2) is 96.3 Å². The van der Waals surface area contributed by atoms with E-state index in [1.165, 1.54) is 12.0 Å². The highest BCUT2D eigenvalue weighted by atomic mass is 16.6. The number of ether oxygens (including phenoxy) is 3. The molecule has 1 unspecified atom stereocenters. The number of hydrogen-bond donors (Lipinski definition) is 2. The second-order valence-corrected chi connectivity index (χ2v) is 9.23. The molecule has 0 bridgehead atoms. The summed E-state index contributed by atoms with van der Waals surface area (Å²) in [5.41, 5.74) is -0.116. The summed E-state index contributed by atoms with van der Waals surface area (Å²) in [6, 6.07) is 4.47. The largest absolute Gasteiger partial charge is 0.497 e. The van der Waals surface area contributed by atoms with Crippen molar-refractivity contribution in [3.05, 3.63) is 29.8 Å². The van der Waals surface area contributed by atoms with Crippen molar-refractivity contribution in [3.8, 4) is 5.75 Å². The van der Waals surface area contributed by atoms with E-state index in [9.17, 15) is 24.0 Å². The topological polar surface area (TPSA) is 152 Å². The number of rotatable bonds is 9. The van der Waals surface area contributed by atoms with E-state index in [0.29, 0.717) is 11.3 Å². The Morgan fingerprint density at radius 3 is 2.28 bits per heavy atom. The van der Waals surface area contributed by atoms with Gasteiger partial charge >= 0.3 is 18.0 Å². The monoisotopic (exact) mass is 507 g/mol. The van der Waals surface area contributed by atoms with Gasteiger partial charge in [0.2, 0.25) is 11.8 Å². The molecular weight excluding hydrogens is 474 g/mol. The summed E-state index contributed by atoms with van der Waals surface area (Å²) in [5.74, 6) is -2.66. The lowest BCUT2D eigenvalue weighted by Crippen LogP contribution is -2.63. The van der Waals surface area contributed by atoms with Crippen LogP contribution in [0.2, 0.25) is 0 Å². The average Bonchev–Trinajstić information content (AvgIpc) is 2.79. The van der Waals surface area contributed by atoms with Gasteiger partial charge in [0.05, 0.1) is 20.6 Å². The van der Waals surface area contributed by atoms with E-state index in [4.69, 9.17) is 14.6 Å². The third-order valence-corrected chi connectivity index (χ3v) is 5.37. The fraction of sp³-hybridized carbons (Fsp3) is 0.542. The summed E-state index contributed by atoms with van der Waals surface area (Å²) in [6.45, 7) is 4.40. The maximum absolute atomic E-state index is 13.7. The first-order valence-electron chi connectivity index (χ1n) is 11.3. The number of amides is 3. The zero-order valence-corrected chi connectivity index (χ0v) is 21.1. The molecule has 2 atom stereocenters. The van der Waals surface area contributed by atoms with E-state index in [0.717, 1.165) is 12.0 Å². The third kappa shape index (κ3) is 8.14. The molecule has 12 heteroatoms. The van der Waals surface area contributed by atoms with Gasteiger partial charge in [-0.25, -0.2) is 4.79 Å². The van der Waals surface area contributed by atoms with Crippen LogP contribution in [0, 0.1) is 0 Å². The summed E-state index contributed by atoms with van der Waals surface area (Å²) in [6.07, 6.45) is -1.22. The molecule has 1 saturated heterocycles. The first kappa shape index (κ1) is 28.4. The van der Waals surface area contributed by atoms with Crippen molar-refractivity contribution >= 4 is 29.8 Å². The number of piperazine rings is 1. The van der Waals surface area contributed by atoms with Crippen molar-refractivity contribution in [2.24, 2.45) is 0 Å². The molecule has 2 rings (SSSR count). The summed E-state index contributed by atoms with van der Waals surface area (Å²) in [5, 5.41) is 11.7. The van der Waals surface area contributed by atoms with E-state index >= 15 is 0 Å². The highest BCUT2D eigenvalue weighted by Crippen LogP contribution is 2.20. The number of carboxylic acids is 1. The molecule has 0 aromatic heterocycles. The Kier molecular flexibility index (Phi) is 9.65. The molecule has 1 heterocycles. The van der Waals surface area contributed by atoms with E-state index in [1.54, 1.807) is 45.0 Å². The minimum absolute atomic E-state index is 0.0331. The molecule has 0 aliphatic carbocycles. The zero-order valence-electron chi connectivity index (χ0n) is 21.1. The first-order valence-corrected chi connectivity index (χ1v) is 11.3. The molecule has 0 radical (unpaired) electrons. The van der Waals surface area contributed by atoms with Crippen LogP contribution in [0.5, 0.6) is 5.75 Å². The molecule has 12 nitrogen and oxygen atoms in total. The standard InChI is InChI=1S/C24H33N3O9/c1-24(2,3)36-23(33)25-17(12-15-6-8-16(34-4)9-7-15)21(31)27-11-10-26(14-19(28)29)22(32)18(27)13-20(30)35-5/h6-9,17-18H,10-14H2,1-5H3,(H,25,33)(H,28,29)/t17-,18?/m0/s1. The van der Waals surface area contributed by atoms with Gasteiger partial charge in [-0.1, -0.05) is 12.1 Å². The van der Waals surface area contributed by atoms with Gasteiger partial charge in [-0.05, 0) is 38.5 Å². The van der Waals surface area contributed by atoms with Gasteiger partial charge in [0.15, 0.2) is 0 Å². The SMILES string of the molecule is COC(=O)CC1C(=O)N(CC(=O)O)CCN1C(=O)[C@H](Cc1ccc(OC)cc1)NC(=O)OC(C)(C)C. The molecule has 3 amide bonds. The van der Waals surface area contributed by atoms with Crippen LogP contribution in [0.15, 0.2) is 24.3 Å². The second kappa shape index (κ2) is 12.2. The lowest BCUT2D eigenvalue weighted by Gasteiger charge is -2.41. The second-order valence-electron chi connectivity index (χ2n) is 9.23. The molecular formula is C24H33N3O9. The Labute approximate surface area is 209 Å². The summed E-state index contributed by atoms with van der Waals surface area (Å²) >= 11 is 0. The van der Waals surface area contributed by atoms with Gasteiger partial charge < -0.3 is 34.4 Å². The van der Waals surface area contributed by atoms with Crippen molar-refractivity contribution in [2.75, 3.05) is 33.9 Å². The summed E-state index contributed by atoms with van der Waals surface area (Å²) in [7, 11) is 2.67. The zero-order chi connectivity index (χ0) is 27.0. The fourth-order valence-corrected chi connectivity index (χ4v) is 3.71. The number of aliphatic carboxylic acids is 1. The van der Waals surface area contributed by atoms with Gasteiger partial charge in [0.25, 0.3) is 0 Å². The molecule has 36 heavy (non-hydrogen) atoms. The van der Waals surface area contributed by atoms with Crippen LogP contribution in [0.1, 0.15) is 32.8 Å². The number of methoxy groups -OCH3 is 2. The number of alkyl carbamates (subject to hydrolysis) is 1. The molecule has 0 spiro atoms. The van der Waals surface area contributed by atoms with Gasteiger partial charge in [-0.2, -0.15) is 0 Å². The summed E-state index contributed by atoms with van der Waals surface area (Å²) in [4.78, 5) is 64.7. The molecule has 1 aliphatic heterocycles. The van der Waals surface area contributed by atoms with Crippen molar-refractivity contribution in [1.82, 2.24) is 15.1 Å². The maximum Gasteiger partial charge on any atom is 0.408 e. The number of benzene rings is 1. The lowest BCUT2D eigenvalue weighted by atomic mass is 10.0. The van der Waals surface area contributed by atoms with Crippen molar-refractivity contribution in [1.29, 1.82) is 0 Å². The molecule has 2 N–H and O–H groups in total. The maximum atomic E-state index is 13.7.